The summed E-state index contributed by atoms with van der Waals surface area (Å²) in [7, 11) is -0.896. The summed E-state index contributed by atoms with van der Waals surface area (Å²) < 4.78 is 0. The summed E-state index contributed by atoms with van der Waals surface area (Å²) in [4.78, 5) is 12.8. The summed E-state index contributed by atoms with van der Waals surface area (Å²) >= 11 is 6.15. The molecule has 31 heavy (non-hydrogen) atoms. The molecular formula is C27H21ClNOP. The molecule has 4 aromatic carbocycles. The summed E-state index contributed by atoms with van der Waals surface area (Å²) in [5, 5.41) is 7.16. The molecule has 0 heterocycles. The molecule has 4 rings (SSSR count). The predicted octanol–water partition coefficient (Wildman–Crippen LogP) is 6.20. The van der Waals surface area contributed by atoms with Crippen molar-refractivity contribution in [1.82, 2.24) is 5.32 Å². The third-order valence-electron chi connectivity index (χ3n) is 4.79. The van der Waals surface area contributed by atoms with E-state index in [9.17, 15) is 4.79 Å². The van der Waals surface area contributed by atoms with Crippen molar-refractivity contribution >= 4 is 41.4 Å². The second-order valence-electron chi connectivity index (χ2n) is 6.88. The molecular weight excluding hydrogens is 421 g/mol. The second-order valence-corrected chi connectivity index (χ2v) is 9.50. The molecule has 1 amide bonds. The number of carbonyl (C=O) groups is 1. The number of hydrogen-bond donors (Lipinski definition) is 1. The molecule has 0 radical (unpaired) electrons. The van der Waals surface area contributed by atoms with E-state index in [2.05, 4.69) is 53.8 Å². The van der Waals surface area contributed by atoms with Crippen molar-refractivity contribution in [2.24, 2.45) is 0 Å². The van der Waals surface area contributed by atoms with Crippen LogP contribution in [0.4, 0.5) is 0 Å². The van der Waals surface area contributed by atoms with E-state index in [1.54, 1.807) is 0 Å². The van der Waals surface area contributed by atoms with Crippen molar-refractivity contribution in [3.8, 4) is 0 Å². The van der Waals surface area contributed by atoms with E-state index >= 15 is 0 Å². The van der Waals surface area contributed by atoms with Crippen LogP contribution in [0.25, 0.3) is 5.31 Å². The third-order valence-corrected chi connectivity index (χ3v) is 7.54. The molecule has 0 spiro atoms. The molecule has 0 unspecified atom stereocenters. The summed E-state index contributed by atoms with van der Waals surface area (Å²) in [6.07, 6.45) is 1.85. The molecule has 0 aliphatic carbocycles. The number of hydrogen-bond acceptors (Lipinski definition) is 1. The van der Waals surface area contributed by atoms with Crippen molar-refractivity contribution in [3.05, 3.63) is 138 Å². The SMILES string of the molecule is O=C(NC=C(c1ccc(Cl)cc1)P(c1ccccc1)c1ccccc1)c1ccccc1. The van der Waals surface area contributed by atoms with Gasteiger partial charge in [0.05, 0.1) is 0 Å². The first-order valence-electron chi connectivity index (χ1n) is 9.94. The van der Waals surface area contributed by atoms with Crippen LogP contribution in [0, 0.1) is 0 Å². The minimum atomic E-state index is -0.896. The Morgan fingerprint density at radius 1 is 0.645 bits per heavy atom. The van der Waals surface area contributed by atoms with E-state index < -0.39 is 7.92 Å². The minimum Gasteiger partial charge on any atom is -0.328 e. The Morgan fingerprint density at radius 3 is 1.65 bits per heavy atom. The zero-order chi connectivity index (χ0) is 21.5. The third kappa shape index (κ3) is 5.30. The summed E-state index contributed by atoms with van der Waals surface area (Å²) in [5.41, 5.74) is 1.65. The van der Waals surface area contributed by atoms with Crippen molar-refractivity contribution < 1.29 is 4.79 Å². The molecule has 152 valence electrons. The maximum Gasteiger partial charge on any atom is 0.255 e. The van der Waals surface area contributed by atoms with Gasteiger partial charge in [-0.2, -0.15) is 0 Å². The number of amides is 1. The van der Waals surface area contributed by atoms with Gasteiger partial charge in [-0.25, -0.2) is 0 Å². The first-order chi connectivity index (χ1) is 15.2. The highest BCUT2D eigenvalue weighted by molar-refractivity contribution is 7.82. The molecule has 4 aromatic rings. The average molecular weight is 442 g/mol. The number of carbonyl (C=O) groups excluding carboxylic acids is 1. The van der Waals surface area contributed by atoms with Gasteiger partial charge in [0.1, 0.15) is 0 Å². The molecule has 1 N–H and O–H groups in total. The van der Waals surface area contributed by atoms with Crippen LogP contribution in [0.2, 0.25) is 5.02 Å². The van der Waals surface area contributed by atoms with E-state index in [4.69, 9.17) is 11.6 Å². The average Bonchev–Trinajstić information content (AvgIpc) is 2.84. The highest BCUT2D eigenvalue weighted by Gasteiger charge is 2.21. The Labute approximate surface area is 189 Å². The van der Waals surface area contributed by atoms with E-state index in [0.29, 0.717) is 10.6 Å². The first kappa shape index (κ1) is 21.1. The highest BCUT2D eigenvalue weighted by Crippen LogP contribution is 2.48. The summed E-state index contributed by atoms with van der Waals surface area (Å²) in [6, 6.07) is 37.8. The quantitative estimate of drug-likeness (QED) is 0.354. The lowest BCUT2D eigenvalue weighted by molar-refractivity contribution is 0.0970. The zero-order valence-electron chi connectivity index (χ0n) is 16.8. The van der Waals surface area contributed by atoms with Crippen LogP contribution in [0.5, 0.6) is 0 Å². The van der Waals surface area contributed by atoms with Gasteiger partial charge in [-0.1, -0.05) is 103 Å². The Balaban J connectivity index is 1.81. The lowest BCUT2D eigenvalue weighted by Crippen LogP contribution is -2.19. The van der Waals surface area contributed by atoms with Gasteiger partial charge in [0.15, 0.2) is 0 Å². The van der Waals surface area contributed by atoms with Gasteiger partial charge < -0.3 is 5.32 Å². The van der Waals surface area contributed by atoms with Gasteiger partial charge >= 0.3 is 0 Å². The van der Waals surface area contributed by atoms with Crippen molar-refractivity contribution in [2.45, 2.75) is 0 Å². The zero-order valence-corrected chi connectivity index (χ0v) is 18.4. The van der Waals surface area contributed by atoms with Crippen molar-refractivity contribution in [3.63, 3.8) is 0 Å². The fourth-order valence-electron chi connectivity index (χ4n) is 3.29. The van der Waals surface area contributed by atoms with Gasteiger partial charge in [-0.05, 0) is 48.4 Å². The number of halogens is 1. The summed E-state index contributed by atoms with van der Waals surface area (Å²) in [5.74, 6) is -0.136. The Kier molecular flexibility index (Phi) is 6.94. The normalized spacial score (nSPS) is 11.4. The Bertz CT molecular complexity index is 1120. The van der Waals surface area contributed by atoms with E-state index in [0.717, 1.165) is 10.9 Å². The molecule has 2 nitrogen and oxygen atoms in total. The maximum atomic E-state index is 12.8. The van der Waals surface area contributed by atoms with E-state index in [1.807, 2.05) is 72.9 Å². The van der Waals surface area contributed by atoms with Crippen LogP contribution in [0.3, 0.4) is 0 Å². The number of benzene rings is 4. The van der Waals surface area contributed by atoms with Gasteiger partial charge in [0.25, 0.3) is 5.91 Å². The fraction of sp³-hybridized carbons (Fsp3) is 0. The lowest BCUT2D eigenvalue weighted by Gasteiger charge is -2.23. The van der Waals surface area contributed by atoms with Crippen LogP contribution in [0.15, 0.2) is 121 Å². The fourth-order valence-corrected chi connectivity index (χ4v) is 5.81. The first-order valence-corrected chi connectivity index (χ1v) is 11.7. The van der Waals surface area contributed by atoms with Gasteiger partial charge in [-0.15, -0.1) is 0 Å². The van der Waals surface area contributed by atoms with E-state index in [1.165, 1.54) is 10.6 Å². The highest BCUT2D eigenvalue weighted by atomic mass is 35.5. The summed E-state index contributed by atoms with van der Waals surface area (Å²) in [6.45, 7) is 0. The Hall–Kier alpha value is -3.19. The number of nitrogens with one attached hydrogen (secondary N) is 1. The van der Waals surface area contributed by atoms with Crippen LogP contribution in [0.1, 0.15) is 15.9 Å². The molecule has 0 aliphatic heterocycles. The molecule has 0 saturated heterocycles. The molecule has 0 bridgehead atoms. The lowest BCUT2D eigenvalue weighted by atomic mass is 10.2. The van der Waals surface area contributed by atoms with Crippen LogP contribution >= 0.6 is 19.5 Å². The maximum absolute atomic E-state index is 12.8. The van der Waals surface area contributed by atoms with Crippen LogP contribution in [-0.4, -0.2) is 5.91 Å². The minimum absolute atomic E-state index is 0.136. The molecule has 0 aliphatic rings. The monoisotopic (exact) mass is 441 g/mol. The Morgan fingerprint density at radius 2 is 1.13 bits per heavy atom. The standard InChI is InChI=1S/C27H21ClNOP/c28-23-18-16-21(17-19-23)26(20-29-27(30)22-10-4-1-5-11-22)31(24-12-6-2-7-13-24)25-14-8-3-9-15-25/h1-20H,(H,29,30). The van der Waals surface area contributed by atoms with Crippen LogP contribution < -0.4 is 15.9 Å². The number of rotatable bonds is 6. The largest absolute Gasteiger partial charge is 0.328 e. The van der Waals surface area contributed by atoms with Crippen LogP contribution in [-0.2, 0) is 0 Å². The smallest absolute Gasteiger partial charge is 0.255 e. The van der Waals surface area contributed by atoms with Gasteiger partial charge in [-0.3, -0.25) is 4.79 Å². The molecule has 0 fully saturated rings. The molecule has 0 aromatic heterocycles. The predicted molar refractivity (Wildman–Crippen MR) is 132 cm³/mol. The molecule has 0 saturated carbocycles. The van der Waals surface area contributed by atoms with Crippen molar-refractivity contribution in [2.75, 3.05) is 0 Å². The molecule has 0 atom stereocenters. The second kappa shape index (κ2) is 10.2. The van der Waals surface area contributed by atoms with Gasteiger partial charge in [0, 0.05) is 22.1 Å². The van der Waals surface area contributed by atoms with E-state index in [-0.39, 0.29) is 5.91 Å². The topological polar surface area (TPSA) is 29.1 Å². The van der Waals surface area contributed by atoms with Crippen molar-refractivity contribution in [1.29, 1.82) is 0 Å². The molecule has 4 heteroatoms. The van der Waals surface area contributed by atoms with Gasteiger partial charge in [0.2, 0.25) is 0 Å².